The number of benzene rings is 1. The molecule has 17 heavy (non-hydrogen) atoms. The molecule has 1 aliphatic rings. The van der Waals surface area contributed by atoms with Crippen LogP contribution in [0.15, 0.2) is 18.2 Å². The molecule has 0 saturated carbocycles. The minimum absolute atomic E-state index is 0.0745. The van der Waals surface area contributed by atoms with E-state index in [0.717, 1.165) is 18.2 Å². The van der Waals surface area contributed by atoms with E-state index < -0.39 is 16.8 Å². The van der Waals surface area contributed by atoms with Gasteiger partial charge in [-0.05, 0) is 12.1 Å². The summed E-state index contributed by atoms with van der Waals surface area (Å²) >= 11 is 0. The second-order valence-electron chi connectivity index (χ2n) is 3.80. The Bertz CT molecular complexity index is 440. The predicted molar refractivity (Wildman–Crippen MR) is 55.4 cm³/mol. The Morgan fingerprint density at radius 2 is 2.41 bits per heavy atom. The molecule has 6 nitrogen and oxygen atoms in total. The van der Waals surface area contributed by atoms with Crippen molar-refractivity contribution in [2.45, 2.75) is 12.6 Å². The number of halogens is 1. The van der Waals surface area contributed by atoms with Crippen molar-refractivity contribution >= 4 is 5.69 Å². The van der Waals surface area contributed by atoms with Gasteiger partial charge in [-0.3, -0.25) is 15.0 Å². The van der Waals surface area contributed by atoms with Crippen LogP contribution in [-0.4, -0.2) is 34.3 Å². The maximum absolute atomic E-state index is 13.0. The van der Waals surface area contributed by atoms with Gasteiger partial charge in [0.15, 0.2) is 0 Å². The summed E-state index contributed by atoms with van der Waals surface area (Å²) in [5, 5.41) is 21.4. The number of hydrogen-bond acceptors (Lipinski definition) is 5. The van der Waals surface area contributed by atoms with E-state index in [1.165, 1.54) is 5.06 Å². The van der Waals surface area contributed by atoms with Crippen molar-refractivity contribution in [1.82, 2.24) is 5.06 Å². The van der Waals surface area contributed by atoms with Gasteiger partial charge in [0.2, 0.25) is 0 Å². The lowest BCUT2D eigenvalue weighted by Crippen LogP contribution is -2.21. The lowest BCUT2D eigenvalue weighted by atomic mass is 10.1. The first-order valence-corrected chi connectivity index (χ1v) is 5.05. The van der Waals surface area contributed by atoms with E-state index in [9.17, 15) is 19.6 Å². The molecule has 0 aromatic heterocycles. The highest BCUT2D eigenvalue weighted by atomic mass is 19.1. The van der Waals surface area contributed by atoms with E-state index in [4.69, 9.17) is 4.84 Å². The molecular formula is C10H11FN2O4. The van der Waals surface area contributed by atoms with E-state index in [-0.39, 0.29) is 30.9 Å². The first kappa shape index (κ1) is 11.9. The van der Waals surface area contributed by atoms with Gasteiger partial charge in [0.1, 0.15) is 5.82 Å². The SMILES string of the molecule is O=[N+]([O-])c1ccc(F)cc1CN1C[C@H](O)CO1. The van der Waals surface area contributed by atoms with Gasteiger partial charge >= 0.3 is 0 Å². The van der Waals surface area contributed by atoms with Crippen LogP contribution in [0.5, 0.6) is 0 Å². The number of nitrogens with zero attached hydrogens (tertiary/aromatic N) is 2. The third-order valence-corrected chi connectivity index (χ3v) is 2.45. The van der Waals surface area contributed by atoms with E-state index in [2.05, 4.69) is 0 Å². The minimum atomic E-state index is -0.609. The molecule has 0 radical (unpaired) electrons. The van der Waals surface area contributed by atoms with Gasteiger partial charge in [0.25, 0.3) is 5.69 Å². The lowest BCUT2D eigenvalue weighted by Gasteiger charge is -2.13. The summed E-state index contributed by atoms with van der Waals surface area (Å²) < 4.78 is 13.0. The Labute approximate surface area is 96.3 Å². The van der Waals surface area contributed by atoms with Gasteiger partial charge < -0.3 is 5.11 Å². The smallest absolute Gasteiger partial charge is 0.274 e. The zero-order valence-corrected chi connectivity index (χ0v) is 8.88. The largest absolute Gasteiger partial charge is 0.389 e. The normalized spacial score (nSPS) is 20.7. The average molecular weight is 242 g/mol. The molecule has 1 aromatic rings. The molecule has 0 aliphatic carbocycles. The van der Waals surface area contributed by atoms with Crippen LogP contribution in [0, 0.1) is 15.9 Å². The summed E-state index contributed by atoms with van der Waals surface area (Å²) in [6.07, 6.45) is -0.609. The number of hydroxylamine groups is 2. The maximum atomic E-state index is 13.0. The minimum Gasteiger partial charge on any atom is -0.389 e. The van der Waals surface area contributed by atoms with Crippen LogP contribution in [0.3, 0.4) is 0 Å². The lowest BCUT2D eigenvalue weighted by molar-refractivity contribution is -0.386. The molecule has 2 rings (SSSR count). The van der Waals surface area contributed by atoms with Crippen LogP contribution in [0.4, 0.5) is 10.1 Å². The fourth-order valence-electron chi connectivity index (χ4n) is 1.69. The quantitative estimate of drug-likeness (QED) is 0.628. The third kappa shape index (κ3) is 2.76. The second kappa shape index (κ2) is 4.74. The van der Waals surface area contributed by atoms with E-state index >= 15 is 0 Å². The summed E-state index contributed by atoms with van der Waals surface area (Å²) in [4.78, 5) is 15.3. The molecule has 1 heterocycles. The third-order valence-electron chi connectivity index (χ3n) is 2.45. The molecule has 1 aromatic carbocycles. The fraction of sp³-hybridized carbons (Fsp3) is 0.400. The highest BCUT2D eigenvalue weighted by Gasteiger charge is 2.24. The maximum Gasteiger partial charge on any atom is 0.274 e. The molecule has 0 bridgehead atoms. The van der Waals surface area contributed by atoms with Crippen molar-refractivity contribution in [3.63, 3.8) is 0 Å². The van der Waals surface area contributed by atoms with Gasteiger partial charge in [0.05, 0.1) is 30.7 Å². The Kier molecular flexibility index (Phi) is 3.32. The molecular weight excluding hydrogens is 231 g/mol. The molecule has 1 saturated heterocycles. The zero-order valence-electron chi connectivity index (χ0n) is 8.88. The van der Waals surface area contributed by atoms with Gasteiger partial charge in [-0.1, -0.05) is 0 Å². The van der Waals surface area contributed by atoms with Crippen molar-refractivity contribution in [3.05, 3.63) is 39.7 Å². The number of hydrogen-bond donors (Lipinski definition) is 1. The Morgan fingerprint density at radius 1 is 1.65 bits per heavy atom. The molecule has 1 aliphatic heterocycles. The number of aliphatic hydroxyl groups is 1. The Morgan fingerprint density at radius 3 is 3.00 bits per heavy atom. The molecule has 92 valence electrons. The van der Waals surface area contributed by atoms with Crippen LogP contribution in [-0.2, 0) is 11.4 Å². The van der Waals surface area contributed by atoms with Crippen LogP contribution < -0.4 is 0 Å². The van der Waals surface area contributed by atoms with Crippen molar-refractivity contribution in [2.75, 3.05) is 13.2 Å². The Hall–Kier alpha value is -1.57. The van der Waals surface area contributed by atoms with Crippen LogP contribution >= 0.6 is 0 Å². The molecule has 1 fully saturated rings. The summed E-state index contributed by atoms with van der Waals surface area (Å²) in [5.41, 5.74) is 0.0699. The van der Waals surface area contributed by atoms with E-state index in [1.807, 2.05) is 0 Å². The highest BCUT2D eigenvalue weighted by Crippen LogP contribution is 2.22. The first-order chi connectivity index (χ1) is 8.06. The number of rotatable bonds is 3. The molecule has 1 N–H and O–H groups in total. The topological polar surface area (TPSA) is 75.8 Å². The monoisotopic (exact) mass is 242 g/mol. The van der Waals surface area contributed by atoms with Crippen LogP contribution in [0.25, 0.3) is 0 Å². The number of aliphatic hydroxyl groups excluding tert-OH is 1. The highest BCUT2D eigenvalue weighted by molar-refractivity contribution is 5.40. The van der Waals surface area contributed by atoms with Crippen molar-refractivity contribution < 1.29 is 19.3 Å². The summed E-state index contributed by atoms with van der Waals surface area (Å²) in [6.45, 7) is 0.488. The van der Waals surface area contributed by atoms with E-state index in [1.54, 1.807) is 0 Å². The summed E-state index contributed by atoms with van der Waals surface area (Å²) in [6, 6.07) is 3.27. The van der Waals surface area contributed by atoms with Gasteiger partial charge in [-0.2, -0.15) is 5.06 Å². The number of nitro benzene ring substituents is 1. The molecule has 1 atom stereocenters. The van der Waals surface area contributed by atoms with Crippen LogP contribution in [0.1, 0.15) is 5.56 Å². The van der Waals surface area contributed by atoms with E-state index in [0.29, 0.717) is 0 Å². The van der Waals surface area contributed by atoms with Crippen molar-refractivity contribution in [2.24, 2.45) is 0 Å². The number of nitro groups is 1. The number of β-amino-alcohol motifs (C(OH)–C–C–N with tert-alkyl or cyclic N) is 1. The van der Waals surface area contributed by atoms with Crippen LogP contribution in [0.2, 0.25) is 0 Å². The van der Waals surface area contributed by atoms with Gasteiger partial charge in [-0.15, -0.1) is 0 Å². The van der Waals surface area contributed by atoms with Crippen molar-refractivity contribution in [3.8, 4) is 0 Å². The van der Waals surface area contributed by atoms with Crippen molar-refractivity contribution in [1.29, 1.82) is 0 Å². The fourth-order valence-corrected chi connectivity index (χ4v) is 1.69. The van der Waals surface area contributed by atoms with Gasteiger partial charge in [0, 0.05) is 11.6 Å². The summed E-state index contributed by atoms with van der Waals surface area (Å²) in [7, 11) is 0. The molecule has 7 heteroatoms. The average Bonchev–Trinajstić information content (AvgIpc) is 2.63. The molecule has 0 spiro atoms. The Balaban J connectivity index is 2.19. The first-order valence-electron chi connectivity index (χ1n) is 5.05. The molecule has 0 amide bonds. The molecule has 0 unspecified atom stereocenters. The standard InChI is InChI=1S/C10H11FN2O4/c11-8-1-2-10(13(15)16)7(3-8)4-12-5-9(14)6-17-12/h1-3,9,14H,4-6H2/t9-/m0/s1. The second-order valence-corrected chi connectivity index (χ2v) is 3.80. The van der Waals surface area contributed by atoms with Gasteiger partial charge in [-0.25, -0.2) is 4.39 Å². The summed E-state index contributed by atoms with van der Waals surface area (Å²) in [5.74, 6) is -0.537. The zero-order chi connectivity index (χ0) is 12.4. The predicted octanol–water partition coefficient (Wildman–Crippen LogP) is 0.842.